The highest BCUT2D eigenvalue weighted by Crippen LogP contribution is 2.26. The summed E-state index contributed by atoms with van der Waals surface area (Å²) in [5, 5.41) is 0. The van der Waals surface area contributed by atoms with E-state index < -0.39 is 0 Å². The van der Waals surface area contributed by atoms with E-state index in [1.165, 1.54) is 11.1 Å². The topological polar surface area (TPSA) is 21.6 Å². The second-order valence-corrected chi connectivity index (χ2v) is 4.71. The van der Waals surface area contributed by atoms with Gasteiger partial charge in [0.1, 0.15) is 6.10 Å². The molecule has 2 aromatic rings. The zero-order valence-corrected chi connectivity index (χ0v) is 10.8. The Morgan fingerprint density at radius 1 is 1.05 bits per heavy atom. The summed E-state index contributed by atoms with van der Waals surface area (Å²) in [4.78, 5) is 4.51. The fraction of sp³-hybridized carbons (Fsp3) is 0.235. The van der Waals surface area contributed by atoms with Gasteiger partial charge in [0.25, 0.3) is 0 Å². The minimum Gasteiger partial charge on any atom is -0.371 e. The first-order chi connectivity index (χ1) is 9.43. The van der Waals surface area contributed by atoms with Crippen molar-refractivity contribution in [2.24, 2.45) is 4.99 Å². The predicted octanol–water partition coefficient (Wildman–Crippen LogP) is 3.42. The lowest BCUT2D eigenvalue weighted by Crippen LogP contribution is -2.18. The van der Waals surface area contributed by atoms with Crippen LogP contribution in [0.2, 0.25) is 0 Å². The minimum absolute atomic E-state index is 0.102. The molecule has 0 amide bonds. The molecule has 0 aromatic heterocycles. The zero-order valence-electron chi connectivity index (χ0n) is 10.8. The molecular weight excluding hydrogens is 234 g/mol. The van der Waals surface area contributed by atoms with Crippen LogP contribution >= 0.6 is 0 Å². The van der Waals surface area contributed by atoms with E-state index >= 15 is 0 Å². The molecule has 0 unspecified atom stereocenters. The Hall–Kier alpha value is -1.93. The molecule has 0 spiro atoms. The Balaban J connectivity index is 1.70. The monoisotopic (exact) mass is 251 g/mol. The molecule has 0 N–H and O–H groups in total. The summed E-state index contributed by atoms with van der Waals surface area (Å²) in [6.45, 7) is 1.48. The van der Waals surface area contributed by atoms with Gasteiger partial charge in [-0.05, 0) is 23.1 Å². The molecule has 0 aliphatic carbocycles. The summed E-state index contributed by atoms with van der Waals surface area (Å²) in [6.07, 6.45) is 3.03. The first-order valence-electron chi connectivity index (χ1n) is 6.68. The average molecular weight is 251 g/mol. The van der Waals surface area contributed by atoms with Crippen LogP contribution in [0.25, 0.3) is 0 Å². The van der Waals surface area contributed by atoms with E-state index in [-0.39, 0.29) is 6.10 Å². The maximum atomic E-state index is 5.83. The van der Waals surface area contributed by atoms with Gasteiger partial charge in [-0.3, -0.25) is 4.99 Å². The summed E-state index contributed by atoms with van der Waals surface area (Å²) in [6, 6.07) is 18.7. The molecule has 1 heterocycles. The van der Waals surface area contributed by atoms with E-state index in [0.717, 1.165) is 18.6 Å². The molecule has 0 saturated heterocycles. The Bertz CT molecular complexity index is 562. The van der Waals surface area contributed by atoms with Crippen LogP contribution in [0.3, 0.4) is 0 Å². The zero-order chi connectivity index (χ0) is 12.9. The van der Waals surface area contributed by atoms with Crippen LogP contribution in [0.15, 0.2) is 59.6 Å². The molecule has 96 valence electrons. The molecule has 1 aliphatic rings. The standard InChI is InChI=1S/C17H17NO/c1-2-6-14(7-3-1)12-18-13-17-16-9-5-4-8-15(16)10-11-19-17/h1-9,12,17H,10-11,13H2/t17-/m0/s1. The predicted molar refractivity (Wildman–Crippen MR) is 77.7 cm³/mol. The van der Waals surface area contributed by atoms with Crippen LogP contribution < -0.4 is 0 Å². The van der Waals surface area contributed by atoms with Gasteiger partial charge < -0.3 is 4.74 Å². The second kappa shape index (κ2) is 5.81. The lowest BCUT2D eigenvalue weighted by Gasteiger charge is -2.24. The summed E-state index contributed by atoms with van der Waals surface area (Å²) in [5.74, 6) is 0. The average Bonchev–Trinajstić information content (AvgIpc) is 2.49. The fourth-order valence-corrected chi connectivity index (χ4v) is 2.42. The van der Waals surface area contributed by atoms with Crippen LogP contribution in [0.4, 0.5) is 0 Å². The maximum absolute atomic E-state index is 5.83. The molecule has 1 aliphatic heterocycles. The molecular formula is C17H17NO. The van der Waals surface area contributed by atoms with Crippen LogP contribution in [-0.4, -0.2) is 19.4 Å². The summed E-state index contributed by atoms with van der Waals surface area (Å²) < 4.78 is 5.83. The molecule has 2 aromatic carbocycles. The Morgan fingerprint density at radius 3 is 2.74 bits per heavy atom. The molecule has 2 heteroatoms. The molecule has 3 rings (SSSR count). The summed E-state index contributed by atoms with van der Waals surface area (Å²) >= 11 is 0. The van der Waals surface area contributed by atoms with E-state index in [2.05, 4.69) is 41.4 Å². The van der Waals surface area contributed by atoms with Gasteiger partial charge in [0.2, 0.25) is 0 Å². The van der Waals surface area contributed by atoms with E-state index in [1.807, 2.05) is 24.4 Å². The van der Waals surface area contributed by atoms with E-state index in [0.29, 0.717) is 6.54 Å². The van der Waals surface area contributed by atoms with Gasteiger partial charge in [-0.25, -0.2) is 0 Å². The van der Waals surface area contributed by atoms with Gasteiger partial charge in [-0.2, -0.15) is 0 Å². The van der Waals surface area contributed by atoms with Crippen LogP contribution in [0.1, 0.15) is 22.8 Å². The number of hydrogen-bond acceptors (Lipinski definition) is 2. The quantitative estimate of drug-likeness (QED) is 0.766. The van der Waals surface area contributed by atoms with Gasteiger partial charge in [0.05, 0.1) is 13.2 Å². The third kappa shape index (κ3) is 2.91. The van der Waals surface area contributed by atoms with E-state index in [4.69, 9.17) is 4.74 Å². The number of hydrogen-bond donors (Lipinski definition) is 0. The molecule has 0 fully saturated rings. The Labute approximate surface area is 113 Å². The lowest BCUT2D eigenvalue weighted by molar-refractivity contribution is 0.0489. The van der Waals surface area contributed by atoms with Crippen LogP contribution in [0, 0.1) is 0 Å². The van der Waals surface area contributed by atoms with Crippen molar-refractivity contribution < 1.29 is 4.74 Å². The van der Waals surface area contributed by atoms with Crippen LogP contribution in [0.5, 0.6) is 0 Å². The highest BCUT2D eigenvalue weighted by molar-refractivity contribution is 5.79. The van der Waals surface area contributed by atoms with Gasteiger partial charge in [0, 0.05) is 6.21 Å². The van der Waals surface area contributed by atoms with Crippen molar-refractivity contribution in [1.82, 2.24) is 0 Å². The smallest absolute Gasteiger partial charge is 0.102 e. The highest BCUT2D eigenvalue weighted by atomic mass is 16.5. The van der Waals surface area contributed by atoms with Gasteiger partial charge in [-0.15, -0.1) is 0 Å². The number of rotatable bonds is 3. The fourth-order valence-electron chi connectivity index (χ4n) is 2.42. The molecule has 0 radical (unpaired) electrons. The second-order valence-electron chi connectivity index (χ2n) is 4.71. The van der Waals surface area contributed by atoms with Crippen LogP contribution in [-0.2, 0) is 11.2 Å². The Kier molecular flexibility index (Phi) is 3.70. The third-order valence-electron chi connectivity index (χ3n) is 3.40. The highest BCUT2D eigenvalue weighted by Gasteiger charge is 2.19. The SMILES string of the molecule is C(=NC[C@@H]1OCCc2ccccc21)c1ccccc1. The van der Waals surface area contributed by atoms with Crippen molar-refractivity contribution in [2.75, 3.05) is 13.2 Å². The largest absolute Gasteiger partial charge is 0.371 e. The number of ether oxygens (including phenoxy) is 1. The third-order valence-corrected chi connectivity index (χ3v) is 3.40. The lowest BCUT2D eigenvalue weighted by atomic mass is 9.98. The Morgan fingerprint density at radius 2 is 1.84 bits per heavy atom. The maximum Gasteiger partial charge on any atom is 0.102 e. The number of nitrogens with zero attached hydrogens (tertiary/aromatic N) is 1. The van der Waals surface area contributed by atoms with Crippen molar-refractivity contribution >= 4 is 6.21 Å². The number of benzene rings is 2. The van der Waals surface area contributed by atoms with Gasteiger partial charge in [0.15, 0.2) is 0 Å². The van der Waals surface area contributed by atoms with E-state index in [9.17, 15) is 0 Å². The normalized spacial score (nSPS) is 18.4. The molecule has 2 nitrogen and oxygen atoms in total. The number of aliphatic imine (C=N–C) groups is 1. The summed E-state index contributed by atoms with van der Waals surface area (Å²) in [7, 11) is 0. The van der Waals surface area contributed by atoms with Crippen molar-refractivity contribution in [2.45, 2.75) is 12.5 Å². The summed E-state index contributed by atoms with van der Waals surface area (Å²) in [5.41, 5.74) is 3.82. The molecule has 19 heavy (non-hydrogen) atoms. The minimum atomic E-state index is 0.102. The first kappa shape index (κ1) is 12.1. The van der Waals surface area contributed by atoms with Crippen molar-refractivity contribution in [3.8, 4) is 0 Å². The number of fused-ring (bicyclic) bond motifs is 1. The first-order valence-corrected chi connectivity index (χ1v) is 6.68. The molecule has 1 atom stereocenters. The van der Waals surface area contributed by atoms with Gasteiger partial charge >= 0.3 is 0 Å². The van der Waals surface area contributed by atoms with E-state index in [1.54, 1.807) is 0 Å². The van der Waals surface area contributed by atoms with Crippen molar-refractivity contribution in [3.63, 3.8) is 0 Å². The van der Waals surface area contributed by atoms with Crippen molar-refractivity contribution in [3.05, 3.63) is 71.3 Å². The molecule has 0 bridgehead atoms. The molecule has 0 saturated carbocycles. The van der Waals surface area contributed by atoms with Gasteiger partial charge in [-0.1, -0.05) is 54.6 Å². The van der Waals surface area contributed by atoms with Crippen molar-refractivity contribution in [1.29, 1.82) is 0 Å².